The first kappa shape index (κ1) is 24.1. The molecule has 2 aromatic rings. The first-order chi connectivity index (χ1) is 14.3. The van der Waals surface area contributed by atoms with Crippen LogP contribution in [-0.4, -0.2) is 24.6 Å². The summed E-state index contributed by atoms with van der Waals surface area (Å²) in [4.78, 5) is 29.9. The number of ether oxygens (including phenoxy) is 1. The van der Waals surface area contributed by atoms with Crippen LogP contribution in [0.2, 0.25) is 15.1 Å². The van der Waals surface area contributed by atoms with E-state index >= 15 is 0 Å². The Morgan fingerprint density at radius 1 is 1.17 bits per heavy atom. The van der Waals surface area contributed by atoms with E-state index in [1.54, 1.807) is 25.1 Å². The monoisotopic (exact) mass is 473 g/mol. The number of esters is 1. The van der Waals surface area contributed by atoms with E-state index in [1.807, 2.05) is 0 Å². The zero-order chi connectivity index (χ0) is 22.1. The lowest BCUT2D eigenvalue weighted by atomic mass is 9.93. The van der Waals surface area contributed by atoms with Gasteiger partial charge in [0, 0.05) is 32.6 Å². The van der Waals surface area contributed by atoms with Crippen molar-refractivity contribution in [2.75, 3.05) is 6.61 Å². The van der Waals surface area contributed by atoms with Crippen LogP contribution in [0.5, 0.6) is 0 Å². The summed E-state index contributed by atoms with van der Waals surface area (Å²) in [5, 5.41) is 4.77. The average Bonchev–Trinajstić information content (AvgIpc) is 2.69. The Labute approximate surface area is 188 Å². The fraction of sp³-hybridized carbons (Fsp3) is 0.286. The number of hydrogen-bond donors (Lipinski definition) is 0. The first-order valence-electron chi connectivity index (χ1n) is 9.03. The number of oxime groups is 1. The Morgan fingerprint density at radius 3 is 2.60 bits per heavy atom. The van der Waals surface area contributed by atoms with Gasteiger partial charge in [-0.25, -0.2) is 4.39 Å². The molecule has 0 aliphatic rings. The van der Waals surface area contributed by atoms with Crippen molar-refractivity contribution in [3.05, 3.63) is 68.4 Å². The second-order valence-electron chi connectivity index (χ2n) is 6.18. The molecule has 0 aromatic heterocycles. The Kier molecular flexibility index (Phi) is 9.56. The van der Waals surface area contributed by atoms with Gasteiger partial charge in [0.2, 0.25) is 0 Å². The molecule has 0 N–H and O–H groups in total. The lowest BCUT2D eigenvalue weighted by Gasteiger charge is -2.15. The minimum atomic E-state index is -1.21. The van der Waals surface area contributed by atoms with Crippen molar-refractivity contribution in [3.8, 4) is 0 Å². The van der Waals surface area contributed by atoms with Crippen molar-refractivity contribution < 1.29 is 23.6 Å². The number of Topliss-reactive ketones (excluding diaryl/α,β-unsaturated/α-hetero) is 1. The van der Waals surface area contributed by atoms with E-state index in [-0.39, 0.29) is 36.6 Å². The van der Waals surface area contributed by atoms with Gasteiger partial charge >= 0.3 is 5.97 Å². The SMILES string of the molecule is CCOC(=O)C(Cc1c(F)cccc1Cl)C(=O)C/C=N\OCc1ccc(Cl)cc1Cl. The van der Waals surface area contributed by atoms with Crippen LogP contribution in [0.25, 0.3) is 0 Å². The topological polar surface area (TPSA) is 65.0 Å². The third-order valence-corrected chi connectivity index (χ3v) is 5.05. The van der Waals surface area contributed by atoms with E-state index < -0.39 is 23.5 Å². The van der Waals surface area contributed by atoms with Gasteiger partial charge in [-0.3, -0.25) is 9.59 Å². The quantitative estimate of drug-likeness (QED) is 0.193. The van der Waals surface area contributed by atoms with Gasteiger partial charge < -0.3 is 9.57 Å². The van der Waals surface area contributed by atoms with Crippen molar-refractivity contribution in [1.82, 2.24) is 0 Å². The number of carbonyl (C=O) groups excluding carboxylic acids is 2. The zero-order valence-electron chi connectivity index (χ0n) is 16.0. The summed E-state index contributed by atoms with van der Waals surface area (Å²) in [6, 6.07) is 9.08. The molecule has 0 spiro atoms. The molecule has 1 unspecified atom stereocenters. The van der Waals surface area contributed by atoms with Gasteiger partial charge in [0.15, 0.2) is 5.78 Å². The lowest BCUT2D eigenvalue weighted by Crippen LogP contribution is -2.29. The maximum atomic E-state index is 14.1. The van der Waals surface area contributed by atoms with Crippen LogP contribution in [-0.2, 0) is 32.2 Å². The van der Waals surface area contributed by atoms with Gasteiger partial charge in [-0.15, -0.1) is 0 Å². The number of halogens is 4. The van der Waals surface area contributed by atoms with Crippen molar-refractivity contribution in [2.45, 2.75) is 26.4 Å². The highest BCUT2D eigenvalue weighted by molar-refractivity contribution is 6.35. The highest BCUT2D eigenvalue weighted by atomic mass is 35.5. The first-order valence-corrected chi connectivity index (χ1v) is 10.2. The molecule has 0 aliphatic carbocycles. The second-order valence-corrected chi connectivity index (χ2v) is 7.43. The van der Waals surface area contributed by atoms with E-state index in [0.717, 1.165) is 0 Å². The van der Waals surface area contributed by atoms with E-state index in [1.165, 1.54) is 24.4 Å². The average molecular weight is 475 g/mol. The van der Waals surface area contributed by atoms with Gasteiger partial charge in [-0.05, 0) is 37.6 Å². The minimum Gasteiger partial charge on any atom is -0.465 e. The van der Waals surface area contributed by atoms with Gasteiger partial charge in [0.05, 0.1) is 12.8 Å². The summed E-state index contributed by atoms with van der Waals surface area (Å²) in [6.07, 6.45) is 0.809. The maximum absolute atomic E-state index is 14.1. The van der Waals surface area contributed by atoms with Gasteiger partial charge in [-0.2, -0.15) is 0 Å². The van der Waals surface area contributed by atoms with E-state index in [4.69, 9.17) is 44.4 Å². The van der Waals surface area contributed by atoms with E-state index in [0.29, 0.717) is 15.6 Å². The van der Waals surface area contributed by atoms with Crippen molar-refractivity contribution in [2.24, 2.45) is 11.1 Å². The Hall–Kier alpha value is -2.15. The molecule has 0 bridgehead atoms. The molecule has 2 aromatic carbocycles. The van der Waals surface area contributed by atoms with Gasteiger partial charge in [0.25, 0.3) is 0 Å². The molecule has 5 nitrogen and oxygen atoms in total. The molecule has 30 heavy (non-hydrogen) atoms. The number of ketones is 1. The molecule has 0 amide bonds. The molecular weight excluding hydrogens is 456 g/mol. The summed E-state index contributed by atoms with van der Waals surface area (Å²) in [5.74, 6) is -3.05. The fourth-order valence-corrected chi connectivity index (χ4v) is 3.27. The number of hydrogen-bond acceptors (Lipinski definition) is 5. The molecule has 0 saturated carbocycles. The molecule has 0 radical (unpaired) electrons. The number of nitrogens with zero attached hydrogens (tertiary/aromatic N) is 1. The molecule has 0 saturated heterocycles. The van der Waals surface area contributed by atoms with Gasteiger partial charge in [-0.1, -0.05) is 52.1 Å². The van der Waals surface area contributed by atoms with Gasteiger partial charge in [0.1, 0.15) is 18.3 Å². The van der Waals surface area contributed by atoms with Crippen LogP contribution in [0.1, 0.15) is 24.5 Å². The normalized spacial score (nSPS) is 12.0. The smallest absolute Gasteiger partial charge is 0.316 e. The molecular formula is C21H19Cl3FNO4. The maximum Gasteiger partial charge on any atom is 0.316 e. The van der Waals surface area contributed by atoms with E-state index in [9.17, 15) is 14.0 Å². The zero-order valence-corrected chi connectivity index (χ0v) is 18.3. The van der Waals surface area contributed by atoms with Crippen LogP contribution < -0.4 is 0 Å². The third-order valence-electron chi connectivity index (χ3n) is 4.11. The largest absolute Gasteiger partial charge is 0.465 e. The Bertz CT molecular complexity index is 916. The number of carbonyl (C=O) groups is 2. The summed E-state index contributed by atoms with van der Waals surface area (Å²) in [7, 11) is 0. The molecule has 160 valence electrons. The van der Waals surface area contributed by atoms with E-state index in [2.05, 4.69) is 5.16 Å². The molecule has 0 fully saturated rings. The molecule has 1 atom stereocenters. The molecule has 0 heterocycles. The highest BCUT2D eigenvalue weighted by Gasteiger charge is 2.29. The Morgan fingerprint density at radius 2 is 1.93 bits per heavy atom. The van der Waals surface area contributed by atoms with Crippen LogP contribution >= 0.6 is 34.8 Å². The van der Waals surface area contributed by atoms with Crippen LogP contribution in [0.15, 0.2) is 41.6 Å². The predicted octanol–water partition coefficient (Wildman–Crippen LogP) is 5.67. The molecule has 0 aliphatic heterocycles. The Balaban J connectivity index is 2.00. The number of benzene rings is 2. The van der Waals surface area contributed by atoms with Crippen molar-refractivity contribution >= 4 is 52.8 Å². The molecule has 2 rings (SSSR count). The third kappa shape index (κ3) is 6.97. The standard InChI is InChI=1S/C21H19Cl3FNO4/c1-2-29-21(28)16(11-15-17(23)4-3-5-19(15)25)20(27)8-9-26-30-12-13-6-7-14(22)10-18(13)24/h3-7,9-10,16H,2,8,11-12H2,1H3/b26-9-. The van der Waals surface area contributed by atoms with Crippen molar-refractivity contribution in [1.29, 1.82) is 0 Å². The minimum absolute atomic E-state index is 0.0762. The highest BCUT2D eigenvalue weighted by Crippen LogP contribution is 2.24. The summed E-state index contributed by atoms with van der Waals surface area (Å²) < 4.78 is 19.0. The summed E-state index contributed by atoms with van der Waals surface area (Å²) in [6.45, 7) is 1.78. The summed E-state index contributed by atoms with van der Waals surface area (Å²) in [5.41, 5.74) is 0.749. The van der Waals surface area contributed by atoms with Crippen LogP contribution in [0.3, 0.4) is 0 Å². The lowest BCUT2D eigenvalue weighted by molar-refractivity contribution is -0.151. The molecule has 9 heteroatoms. The summed E-state index contributed by atoms with van der Waals surface area (Å²) >= 11 is 17.9. The van der Waals surface area contributed by atoms with Crippen molar-refractivity contribution in [3.63, 3.8) is 0 Å². The van der Waals surface area contributed by atoms with Crippen LogP contribution in [0, 0.1) is 11.7 Å². The number of rotatable bonds is 10. The van der Waals surface area contributed by atoms with Crippen LogP contribution in [0.4, 0.5) is 4.39 Å². The fourth-order valence-electron chi connectivity index (χ4n) is 2.57. The second kappa shape index (κ2) is 11.9. The predicted molar refractivity (Wildman–Crippen MR) is 115 cm³/mol.